The summed E-state index contributed by atoms with van der Waals surface area (Å²) in [5.74, 6) is -1.49. The minimum atomic E-state index is -0.426. The van der Waals surface area contributed by atoms with Crippen molar-refractivity contribution < 1.29 is 57.7 Å². The number of carbonyl (C=O) groups excluding carboxylic acids is 2. The molecule has 4 saturated heterocycles. The van der Waals surface area contributed by atoms with Gasteiger partial charge in [0.2, 0.25) is 0 Å². The van der Waals surface area contributed by atoms with Crippen LogP contribution in [0.2, 0.25) is 0 Å². The van der Waals surface area contributed by atoms with Gasteiger partial charge in [0.05, 0.1) is 52.9 Å². The molecule has 0 spiro atoms. The largest absolute Gasteiger partial charge is 0.379 e. The topological polar surface area (TPSA) is 108 Å². The number of hydrogen-bond acceptors (Lipinski definition) is 10. The quantitative estimate of drug-likeness (QED) is 0.0860. The molecular formula is C57H65F2N6O6Pd-. The Morgan fingerprint density at radius 1 is 0.528 bits per heavy atom. The van der Waals surface area contributed by atoms with E-state index in [1.807, 2.05) is 64.4 Å². The van der Waals surface area contributed by atoms with Gasteiger partial charge in [-0.15, -0.1) is 0 Å². The van der Waals surface area contributed by atoms with Crippen molar-refractivity contribution in [3.05, 3.63) is 157 Å². The van der Waals surface area contributed by atoms with Crippen LogP contribution in [0.25, 0.3) is 27.6 Å². The maximum absolute atomic E-state index is 14.4. The fourth-order valence-electron chi connectivity index (χ4n) is 9.50. The molecule has 0 bridgehead atoms. The van der Waals surface area contributed by atoms with Crippen molar-refractivity contribution in [3.8, 4) is 0 Å². The monoisotopic (exact) mass is 1070 g/mol. The molecule has 12 nitrogen and oxygen atoms in total. The van der Waals surface area contributed by atoms with Gasteiger partial charge in [-0.25, -0.2) is 8.78 Å². The van der Waals surface area contributed by atoms with Crippen molar-refractivity contribution in [2.75, 3.05) is 139 Å². The zero-order valence-corrected chi connectivity index (χ0v) is 42.6. The number of carbonyl (C=O) groups is 2. The number of halogens is 2. The van der Waals surface area contributed by atoms with Crippen molar-refractivity contribution in [3.63, 3.8) is 0 Å². The summed E-state index contributed by atoms with van der Waals surface area (Å²) in [4.78, 5) is 35.2. The van der Waals surface area contributed by atoms with Crippen LogP contribution in [0, 0.1) is 19.1 Å². The molecule has 0 aliphatic carbocycles. The summed E-state index contributed by atoms with van der Waals surface area (Å²) in [6.45, 7) is 14.1. The first-order valence-corrected chi connectivity index (χ1v) is 24.5. The fourth-order valence-corrected chi connectivity index (χ4v) is 9.50. The predicted octanol–water partition coefficient (Wildman–Crippen LogP) is 9.19. The van der Waals surface area contributed by atoms with E-state index >= 15 is 0 Å². The molecule has 15 heteroatoms. The molecule has 72 heavy (non-hydrogen) atoms. The molecule has 6 aromatic carbocycles. The summed E-state index contributed by atoms with van der Waals surface area (Å²) in [5.41, 5.74) is 5.81. The summed E-state index contributed by atoms with van der Waals surface area (Å²) in [5, 5.41) is 10.2. The van der Waals surface area contributed by atoms with Crippen molar-refractivity contribution >= 4 is 62.2 Å². The Morgan fingerprint density at radius 3 is 1.50 bits per heavy atom. The predicted molar refractivity (Wildman–Crippen MR) is 281 cm³/mol. The van der Waals surface area contributed by atoms with Gasteiger partial charge in [-0.05, 0) is 89.8 Å². The van der Waals surface area contributed by atoms with Crippen LogP contribution in [0.1, 0.15) is 38.3 Å². The first-order valence-electron chi connectivity index (χ1n) is 24.5. The molecule has 0 unspecified atom stereocenters. The van der Waals surface area contributed by atoms with Crippen LogP contribution in [0.15, 0.2) is 115 Å². The van der Waals surface area contributed by atoms with E-state index in [1.165, 1.54) is 29.8 Å². The van der Waals surface area contributed by atoms with Crippen LogP contribution >= 0.6 is 0 Å². The van der Waals surface area contributed by atoms with Crippen LogP contribution in [0.4, 0.5) is 31.5 Å². The molecule has 0 saturated carbocycles. The minimum Gasteiger partial charge on any atom is -0.379 e. The number of fused-ring (bicyclic) bond motifs is 2. The maximum atomic E-state index is 14.4. The Kier molecular flexibility index (Phi) is 20.3. The summed E-state index contributed by atoms with van der Waals surface area (Å²) in [7, 11) is 0. The summed E-state index contributed by atoms with van der Waals surface area (Å²) < 4.78 is 50.4. The van der Waals surface area contributed by atoms with Crippen LogP contribution < -0.4 is 20.4 Å². The summed E-state index contributed by atoms with van der Waals surface area (Å²) in [6, 6.07) is 33.2. The van der Waals surface area contributed by atoms with Crippen molar-refractivity contribution in [2.45, 2.75) is 12.8 Å². The molecule has 4 aliphatic heterocycles. The third kappa shape index (κ3) is 14.3. The molecule has 2 amide bonds. The van der Waals surface area contributed by atoms with Gasteiger partial charge in [0.15, 0.2) is 0 Å². The van der Waals surface area contributed by atoms with E-state index in [0.29, 0.717) is 80.8 Å². The maximum Gasteiger partial charge on any atom is 0.255 e. The molecule has 6 aromatic rings. The third-order valence-corrected chi connectivity index (χ3v) is 13.3. The second-order valence-electron chi connectivity index (χ2n) is 17.9. The zero-order valence-electron chi connectivity index (χ0n) is 41.0. The van der Waals surface area contributed by atoms with Gasteiger partial charge < -0.3 is 46.8 Å². The molecule has 2 N–H and O–H groups in total. The van der Waals surface area contributed by atoms with Crippen LogP contribution in [-0.2, 0) is 45.8 Å². The van der Waals surface area contributed by atoms with Gasteiger partial charge >= 0.3 is 0 Å². The molecule has 4 heterocycles. The molecule has 10 rings (SSSR count). The Balaban J connectivity index is 0.000000206. The van der Waals surface area contributed by atoms with E-state index in [-0.39, 0.29) is 39.7 Å². The minimum absolute atomic E-state index is 0. The Labute approximate surface area is 435 Å². The molecule has 384 valence electrons. The Hall–Kier alpha value is -5.60. The number of benzene rings is 6. The van der Waals surface area contributed by atoms with Crippen LogP contribution in [0.3, 0.4) is 0 Å². The van der Waals surface area contributed by atoms with E-state index in [2.05, 4.69) is 50.8 Å². The standard InChI is InChI=1S/C28H32FN3O3.C28H30FN3O3.CH3.Pd/c2*29-23-18-22(19-24(20-23)32-12-16-35-17-13-32)28(33)30-27-8-7-21(25-5-1-2-6-26(25)27)4-3-9-31-10-14-34-15-11-31;;/h1-2,5-8,18-20H,3-4,9-17H2,(H,30,33);1-8,18-20H,9-17H2,(H,30,33);1H3;/q;;-1;. The van der Waals surface area contributed by atoms with Gasteiger partial charge in [-0.2, -0.15) is 0 Å². The van der Waals surface area contributed by atoms with Gasteiger partial charge in [0.25, 0.3) is 11.8 Å². The number of ether oxygens (including phenoxy) is 4. The Morgan fingerprint density at radius 2 is 0.972 bits per heavy atom. The first kappa shape index (κ1) is 54.2. The van der Waals surface area contributed by atoms with Crippen molar-refractivity contribution in [2.24, 2.45) is 0 Å². The van der Waals surface area contributed by atoms with Gasteiger partial charge in [-0.3, -0.25) is 19.4 Å². The third-order valence-electron chi connectivity index (χ3n) is 13.3. The number of rotatable bonds is 13. The molecule has 4 fully saturated rings. The molecular weight excluding hydrogens is 1010 g/mol. The van der Waals surface area contributed by atoms with E-state index in [1.54, 1.807) is 12.1 Å². The van der Waals surface area contributed by atoms with Crippen LogP contribution in [-0.4, -0.2) is 140 Å². The molecule has 0 atom stereocenters. The van der Waals surface area contributed by atoms with E-state index < -0.39 is 11.6 Å². The number of hydrogen-bond donors (Lipinski definition) is 2. The number of nitrogens with zero attached hydrogens (tertiary/aromatic N) is 4. The number of nitrogens with one attached hydrogen (secondary N) is 2. The van der Waals surface area contributed by atoms with E-state index in [4.69, 9.17) is 18.9 Å². The van der Waals surface area contributed by atoms with Gasteiger partial charge in [0.1, 0.15) is 11.6 Å². The smallest absolute Gasteiger partial charge is 0.255 e. The Bertz CT molecular complexity index is 2770. The van der Waals surface area contributed by atoms with Crippen molar-refractivity contribution in [1.29, 1.82) is 0 Å². The fraction of sp³-hybridized carbons (Fsp3) is 0.351. The van der Waals surface area contributed by atoms with Gasteiger partial charge in [0, 0.05) is 124 Å². The molecule has 4 aliphatic rings. The van der Waals surface area contributed by atoms with Crippen LogP contribution in [0.5, 0.6) is 0 Å². The van der Waals surface area contributed by atoms with E-state index in [9.17, 15) is 18.4 Å². The second kappa shape index (κ2) is 26.9. The van der Waals surface area contributed by atoms with Crippen molar-refractivity contribution in [1.82, 2.24) is 9.80 Å². The number of anilines is 4. The number of amides is 2. The SMILES string of the molecule is O=C(Nc1ccc(C=CCN2CCOCC2)c2ccccc12)c1cc(F)cc(N2CCOCC2)c1.O=C(Nc1ccc(CCCN2CCOCC2)c2ccccc12)c1cc(F)cc(N2CCOCC2)c1.[CH3-].[Pd]. The number of aryl methyl sites for hydroxylation is 1. The number of morpholine rings is 4. The first-order chi connectivity index (χ1) is 34.3. The molecule has 0 radical (unpaired) electrons. The average molecular weight is 1070 g/mol. The second-order valence-corrected chi connectivity index (χ2v) is 17.9. The normalized spacial score (nSPS) is 16.6. The van der Waals surface area contributed by atoms with E-state index in [0.717, 1.165) is 111 Å². The molecule has 0 aromatic heterocycles. The summed E-state index contributed by atoms with van der Waals surface area (Å²) in [6.07, 6.45) is 6.35. The zero-order chi connectivity index (χ0) is 48.1. The van der Waals surface area contributed by atoms with Gasteiger partial charge in [-0.1, -0.05) is 72.8 Å². The summed E-state index contributed by atoms with van der Waals surface area (Å²) >= 11 is 0. The average Bonchev–Trinajstić information content (AvgIpc) is 3.40.